The van der Waals surface area contributed by atoms with Gasteiger partial charge in [-0.3, -0.25) is 9.69 Å². The normalized spacial score (nSPS) is 14.8. The second kappa shape index (κ2) is 14.0. The average Bonchev–Trinajstić information content (AvgIpc) is 3.65. The number of thioether (sulfide) groups is 1. The van der Waals surface area contributed by atoms with Crippen LogP contribution in [0.15, 0.2) is 72.0 Å². The van der Waals surface area contributed by atoms with Gasteiger partial charge in [-0.05, 0) is 61.0 Å². The van der Waals surface area contributed by atoms with Gasteiger partial charge in [0.2, 0.25) is 5.91 Å². The fraction of sp³-hybridized carbons (Fsp3) is 0.233. The van der Waals surface area contributed by atoms with Crippen LogP contribution in [-0.4, -0.2) is 62.7 Å². The Balaban J connectivity index is 1.27. The maximum absolute atomic E-state index is 15.1. The molecule has 1 aliphatic rings. The molecule has 1 aromatic heterocycles. The number of urea groups is 1. The number of alkyl halides is 8. The summed E-state index contributed by atoms with van der Waals surface area (Å²) >= 11 is 0.890. The van der Waals surface area contributed by atoms with E-state index < -0.39 is 55.2 Å². The minimum atomic E-state index is -5.92. The van der Waals surface area contributed by atoms with E-state index in [2.05, 4.69) is 25.1 Å². The van der Waals surface area contributed by atoms with Crippen LogP contribution in [0.2, 0.25) is 0 Å². The van der Waals surface area contributed by atoms with E-state index in [9.17, 15) is 44.7 Å². The maximum Gasteiger partial charge on any atom is 0.499 e. The molecule has 20 heteroatoms. The number of aromatic nitrogens is 3. The number of nitrogens with one attached hydrogen (secondary N) is 1. The number of hydrogen-bond acceptors (Lipinski definition) is 7. The number of rotatable bonds is 9. The lowest BCUT2D eigenvalue weighted by atomic mass is 10.1. The first-order valence-electron chi connectivity index (χ1n) is 14.0. The fourth-order valence-corrected chi connectivity index (χ4v) is 5.20. The monoisotopic (exact) mass is 732 g/mol. The summed E-state index contributed by atoms with van der Waals surface area (Å²) in [6.07, 6.45) is -14.7. The van der Waals surface area contributed by atoms with Crippen molar-refractivity contribution in [2.24, 2.45) is 4.99 Å². The van der Waals surface area contributed by atoms with Crippen molar-refractivity contribution in [2.75, 3.05) is 22.6 Å². The van der Waals surface area contributed by atoms with Gasteiger partial charge in [0, 0.05) is 11.1 Å². The van der Waals surface area contributed by atoms with Crippen molar-refractivity contribution in [3.8, 4) is 22.8 Å². The number of anilines is 2. The summed E-state index contributed by atoms with van der Waals surface area (Å²) in [5.41, 5.74) is 1.08. The molecule has 0 bridgehead atoms. The third-order valence-corrected chi connectivity index (χ3v) is 7.53. The summed E-state index contributed by atoms with van der Waals surface area (Å²) in [5.74, 6) is -2.34. The molecule has 0 unspecified atom stereocenters. The molecule has 264 valence electrons. The molecule has 2 heterocycles. The first-order chi connectivity index (χ1) is 23.4. The highest BCUT2D eigenvalue weighted by molar-refractivity contribution is 8.15. The number of amidine groups is 1. The molecule has 1 saturated heterocycles. The minimum Gasteiger partial charge on any atom is -0.426 e. The van der Waals surface area contributed by atoms with E-state index in [0.717, 1.165) is 51.7 Å². The van der Waals surface area contributed by atoms with E-state index >= 15 is 4.39 Å². The van der Waals surface area contributed by atoms with Crippen LogP contribution in [-0.2, 0) is 16.1 Å². The third-order valence-electron chi connectivity index (χ3n) is 6.61. The van der Waals surface area contributed by atoms with E-state index in [1.165, 1.54) is 30.6 Å². The summed E-state index contributed by atoms with van der Waals surface area (Å²) < 4.78 is 126. The molecule has 1 fully saturated rings. The number of aliphatic imine (C=N–C) groups is 1. The molecule has 1 N–H and O–H groups in total. The van der Waals surface area contributed by atoms with Gasteiger partial charge in [-0.1, -0.05) is 23.9 Å². The van der Waals surface area contributed by atoms with Gasteiger partial charge in [-0.2, -0.15) is 40.1 Å². The Morgan fingerprint density at radius 3 is 2.38 bits per heavy atom. The standard InChI is InChI=1S/C30H21F9N6O4S/c1-16-2-3-18(12-48-14-28(32,33)34)23(10-16)45-24(46)13-50-27(45)42-26(47)41-22-9-4-17(11-21(22)31)25-40-15-44(43-25)19-5-7-20(8-6-19)49-30(38,39)29(35,36)37/h2-11,15H,12-14H2,1H3,(H,41,47)/b42-27-. The van der Waals surface area contributed by atoms with Crippen molar-refractivity contribution in [3.63, 3.8) is 0 Å². The van der Waals surface area contributed by atoms with Crippen molar-refractivity contribution in [3.05, 3.63) is 83.9 Å². The van der Waals surface area contributed by atoms with Crippen LogP contribution < -0.4 is 15.0 Å². The Morgan fingerprint density at radius 1 is 1.00 bits per heavy atom. The zero-order valence-electron chi connectivity index (χ0n) is 25.2. The van der Waals surface area contributed by atoms with Gasteiger partial charge in [0.1, 0.15) is 24.5 Å². The minimum absolute atomic E-state index is 0.0179. The highest BCUT2D eigenvalue weighted by Crippen LogP contribution is 2.37. The van der Waals surface area contributed by atoms with Crippen LogP contribution in [0.5, 0.6) is 5.75 Å². The lowest BCUT2D eigenvalue weighted by molar-refractivity contribution is -0.360. The smallest absolute Gasteiger partial charge is 0.426 e. The highest BCUT2D eigenvalue weighted by Gasteiger charge is 2.61. The second-order valence-electron chi connectivity index (χ2n) is 10.4. The topological polar surface area (TPSA) is 111 Å². The van der Waals surface area contributed by atoms with E-state index in [-0.39, 0.29) is 44.9 Å². The fourth-order valence-electron chi connectivity index (χ4n) is 4.34. The van der Waals surface area contributed by atoms with E-state index in [0.29, 0.717) is 5.56 Å². The molecule has 1 aliphatic heterocycles. The van der Waals surface area contributed by atoms with E-state index in [4.69, 9.17) is 4.74 Å². The van der Waals surface area contributed by atoms with Crippen molar-refractivity contribution in [1.82, 2.24) is 14.8 Å². The molecule has 4 aromatic rings. The number of amides is 3. The SMILES string of the molecule is Cc1ccc(COCC(F)(F)F)c(N2C(=O)CS/C2=N\C(=O)Nc2ccc(-c3ncn(-c4ccc(OC(F)(F)C(F)(F)F)cc4)n3)cc2F)c1. The molecule has 5 rings (SSSR count). The zero-order valence-corrected chi connectivity index (χ0v) is 26.0. The van der Waals surface area contributed by atoms with Gasteiger partial charge < -0.3 is 14.8 Å². The number of nitrogens with zero attached hydrogens (tertiary/aromatic N) is 5. The Kier molecular flexibility index (Phi) is 10.1. The summed E-state index contributed by atoms with van der Waals surface area (Å²) in [5, 5.41) is 6.29. The van der Waals surface area contributed by atoms with Gasteiger partial charge in [0.25, 0.3) is 0 Å². The van der Waals surface area contributed by atoms with Crippen LogP contribution in [0.3, 0.4) is 0 Å². The molecule has 0 atom stereocenters. The Bertz CT molecular complexity index is 1930. The zero-order chi connectivity index (χ0) is 36.4. The molecule has 50 heavy (non-hydrogen) atoms. The Morgan fingerprint density at radius 2 is 1.72 bits per heavy atom. The Hall–Kier alpha value is -5.11. The van der Waals surface area contributed by atoms with Crippen LogP contribution >= 0.6 is 11.8 Å². The second-order valence-corrected chi connectivity index (χ2v) is 11.3. The van der Waals surface area contributed by atoms with Gasteiger partial charge in [-0.25, -0.2) is 18.9 Å². The molecule has 10 nitrogen and oxygen atoms in total. The van der Waals surface area contributed by atoms with Crippen LogP contribution in [0, 0.1) is 12.7 Å². The van der Waals surface area contributed by atoms with Crippen LogP contribution in [0.4, 0.5) is 55.7 Å². The first kappa shape index (κ1) is 36.2. The largest absolute Gasteiger partial charge is 0.499 e. The van der Waals surface area contributed by atoms with Crippen LogP contribution in [0.1, 0.15) is 11.1 Å². The summed E-state index contributed by atoms with van der Waals surface area (Å²) in [7, 11) is 0. The number of benzene rings is 3. The number of aryl methyl sites for hydroxylation is 1. The van der Waals surface area contributed by atoms with Gasteiger partial charge in [0.15, 0.2) is 11.0 Å². The predicted octanol–water partition coefficient (Wildman–Crippen LogP) is 7.66. The summed E-state index contributed by atoms with van der Waals surface area (Å²) in [4.78, 5) is 34.6. The molecule has 3 amide bonds. The molecular weight excluding hydrogens is 711 g/mol. The van der Waals surface area contributed by atoms with E-state index in [1.807, 2.05) is 0 Å². The number of halogens is 9. The number of carbonyl (C=O) groups excluding carboxylic acids is 2. The summed E-state index contributed by atoms with van der Waals surface area (Å²) in [6, 6.07) is 11.1. The number of hydrogen-bond donors (Lipinski definition) is 1. The molecule has 0 aliphatic carbocycles. The third kappa shape index (κ3) is 8.54. The van der Waals surface area contributed by atoms with Gasteiger partial charge >= 0.3 is 24.5 Å². The average molecular weight is 733 g/mol. The number of ether oxygens (including phenoxy) is 2. The first-order valence-corrected chi connectivity index (χ1v) is 14.9. The lowest BCUT2D eigenvalue weighted by Crippen LogP contribution is -2.41. The van der Waals surface area contributed by atoms with E-state index in [1.54, 1.807) is 13.0 Å². The predicted molar refractivity (Wildman–Crippen MR) is 162 cm³/mol. The van der Waals surface area contributed by atoms with Crippen LogP contribution in [0.25, 0.3) is 17.1 Å². The highest BCUT2D eigenvalue weighted by atomic mass is 32.2. The van der Waals surface area contributed by atoms with Crippen molar-refractivity contribution in [1.29, 1.82) is 0 Å². The summed E-state index contributed by atoms with van der Waals surface area (Å²) in [6.45, 7) is -0.306. The maximum atomic E-state index is 15.1. The van der Waals surface area contributed by atoms with Crippen molar-refractivity contribution < 1.29 is 58.6 Å². The number of carbonyl (C=O) groups is 2. The van der Waals surface area contributed by atoms with Crippen molar-refractivity contribution >= 4 is 40.2 Å². The van der Waals surface area contributed by atoms with Gasteiger partial charge in [-0.15, -0.1) is 5.10 Å². The molecule has 0 spiro atoms. The molecule has 0 radical (unpaired) electrons. The molecular formula is C30H21F9N6O4S. The van der Waals surface area contributed by atoms with Gasteiger partial charge in [0.05, 0.1) is 29.4 Å². The lowest BCUT2D eigenvalue weighted by Gasteiger charge is -2.21. The van der Waals surface area contributed by atoms with Crippen molar-refractivity contribution in [2.45, 2.75) is 32.0 Å². The molecule has 0 saturated carbocycles. The molecule has 3 aromatic carbocycles. The quantitative estimate of drug-likeness (QED) is 0.176. The Labute approximate surface area is 279 Å².